The Balaban J connectivity index is 2.10. The summed E-state index contributed by atoms with van der Waals surface area (Å²) in [5, 5.41) is 14.2. The number of rotatable bonds is 5. The molecule has 0 radical (unpaired) electrons. The summed E-state index contributed by atoms with van der Waals surface area (Å²) >= 11 is 0. The number of nitrogens with one attached hydrogen (secondary N) is 1. The molecule has 17 heavy (non-hydrogen) atoms. The van der Waals surface area contributed by atoms with Crippen molar-refractivity contribution < 1.29 is 4.79 Å². The van der Waals surface area contributed by atoms with Gasteiger partial charge in [0.2, 0.25) is 11.9 Å². The van der Waals surface area contributed by atoms with E-state index in [1.54, 1.807) is 4.68 Å². The molecule has 2 aromatic rings. The maximum Gasteiger partial charge on any atom is 0.247 e. The third-order valence-electron chi connectivity index (χ3n) is 2.12. The van der Waals surface area contributed by atoms with E-state index in [0.29, 0.717) is 12.5 Å². The second kappa shape index (κ2) is 5.06. The summed E-state index contributed by atoms with van der Waals surface area (Å²) in [6.45, 7) is 0.405. The molecule has 2 rings (SSSR count). The van der Waals surface area contributed by atoms with Crippen LogP contribution in [-0.4, -0.2) is 32.7 Å². The lowest BCUT2D eigenvalue weighted by Crippen LogP contribution is -2.17. The molecule has 0 saturated heterocycles. The Morgan fingerprint density at radius 1 is 1.35 bits per heavy atom. The van der Waals surface area contributed by atoms with Crippen molar-refractivity contribution in [1.82, 2.24) is 20.2 Å². The maximum atomic E-state index is 10.6. The number of nitrogens with two attached hydrogens (primary N) is 1. The summed E-state index contributed by atoms with van der Waals surface area (Å²) in [5.41, 5.74) is 5.89. The number of benzene rings is 1. The SMILES string of the molecule is NC(=O)CCNc1nnnn1-c1ccccc1. The Hall–Kier alpha value is -2.44. The average Bonchev–Trinajstić information content (AvgIpc) is 2.78. The van der Waals surface area contributed by atoms with Crippen LogP contribution in [0.2, 0.25) is 0 Å². The van der Waals surface area contributed by atoms with E-state index in [1.165, 1.54) is 0 Å². The molecule has 0 aliphatic rings. The molecule has 1 aromatic carbocycles. The van der Waals surface area contributed by atoms with Gasteiger partial charge >= 0.3 is 0 Å². The molecular formula is C10H12N6O. The molecule has 1 aromatic heterocycles. The van der Waals surface area contributed by atoms with E-state index in [4.69, 9.17) is 5.73 Å². The first-order chi connectivity index (χ1) is 8.27. The number of hydrogen-bond donors (Lipinski definition) is 2. The molecular weight excluding hydrogens is 220 g/mol. The van der Waals surface area contributed by atoms with E-state index < -0.39 is 0 Å². The monoisotopic (exact) mass is 232 g/mol. The quantitative estimate of drug-likeness (QED) is 0.753. The van der Waals surface area contributed by atoms with Gasteiger partial charge in [-0.1, -0.05) is 23.3 Å². The van der Waals surface area contributed by atoms with E-state index in [0.717, 1.165) is 5.69 Å². The molecule has 1 heterocycles. The minimum Gasteiger partial charge on any atom is -0.370 e. The van der Waals surface area contributed by atoms with E-state index in [2.05, 4.69) is 20.8 Å². The molecule has 3 N–H and O–H groups in total. The van der Waals surface area contributed by atoms with Crippen LogP contribution in [0.25, 0.3) is 5.69 Å². The third kappa shape index (κ3) is 2.77. The van der Waals surface area contributed by atoms with Crippen LogP contribution >= 0.6 is 0 Å². The number of hydrogen-bond acceptors (Lipinski definition) is 5. The zero-order valence-electron chi connectivity index (χ0n) is 9.08. The van der Waals surface area contributed by atoms with Crippen molar-refractivity contribution in [3.63, 3.8) is 0 Å². The highest BCUT2D eigenvalue weighted by Gasteiger charge is 2.06. The summed E-state index contributed by atoms with van der Waals surface area (Å²) in [7, 11) is 0. The lowest BCUT2D eigenvalue weighted by atomic mass is 10.3. The van der Waals surface area contributed by atoms with Crippen molar-refractivity contribution in [2.45, 2.75) is 6.42 Å². The lowest BCUT2D eigenvalue weighted by Gasteiger charge is -2.05. The van der Waals surface area contributed by atoms with Gasteiger partial charge in [-0.05, 0) is 22.6 Å². The van der Waals surface area contributed by atoms with Crippen molar-refractivity contribution in [3.8, 4) is 5.69 Å². The molecule has 7 nitrogen and oxygen atoms in total. The Bertz CT molecular complexity index is 495. The molecule has 0 saturated carbocycles. The van der Waals surface area contributed by atoms with Crippen molar-refractivity contribution in [1.29, 1.82) is 0 Å². The lowest BCUT2D eigenvalue weighted by molar-refractivity contribution is -0.117. The number of aromatic nitrogens is 4. The molecule has 0 aliphatic carbocycles. The molecule has 88 valence electrons. The van der Waals surface area contributed by atoms with Crippen molar-refractivity contribution in [2.24, 2.45) is 5.73 Å². The van der Waals surface area contributed by atoms with Crippen LogP contribution in [0.15, 0.2) is 30.3 Å². The minimum atomic E-state index is -0.365. The van der Waals surface area contributed by atoms with Crippen molar-refractivity contribution in [2.75, 3.05) is 11.9 Å². The van der Waals surface area contributed by atoms with Crippen molar-refractivity contribution in [3.05, 3.63) is 30.3 Å². The van der Waals surface area contributed by atoms with Gasteiger partial charge in [-0.3, -0.25) is 4.79 Å². The first-order valence-corrected chi connectivity index (χ1v) is 5.13. The van der Waals surface area contributed by atoms with Crippen LogP contribution in [0.5, 0.6) is 0 Å². The standard InChI is InChI=1S/C10H12N6O/c11-9(17)6-7-12-10-13-14-15-16(10)8-4-2-1-3-5-8/h1-5H,6-7H2,(H2,11,17)(H,12,13,15). The Morgan fingerprint density at radius 2 is 2.12 bits per heavy atom. The van der Waals surface area contributed by atoms with Gasteiger partial charge in [0.1, 0.15) is 0 Å². The first kappa shape index (κ1) is 11.1. The molecule has 0 spiro atoms. The fourth-order valence-electron chi connectivity index (χ4n) is 1.34. The molecule has 0 bridgehead atoms. The second-order valence-electron chi connectivity index (χ2n) is 3.39. The Morgan fingerprint density at radius 3 is 2.82 bits per heavy atom. The number of primary amides is 1. The van der Waals surface area contributed by atoms with Gasteiger partial charge in [-0.15, -0.1) is 0 Å². The van der Waals surface area contributed by atoms with E-state index in [1.807, 2.05) is 30.3 Å². The zero-order valence-corrected chi connectivity index (χ0v) is 9.08. The van der Waals surface area contributed by atoms with E-state index in [-0.39, 0.29) is 12.3 Å². The number of nitrogens with zero attached hydrogens (tertiary/aromatic N) is 4. The summed E-state index contributed by atoms with van der Waals surface area (Å²) in [6.07, 6.45) is 0.238. The zero-order chi connectivity index (χ0) is 12.1. The van der Waals surface area contributed by atoms with Gasteiger partial charge in [0, 0.05) is 13.0 Å². The smallest absolute Gasteiger partial charge is 0.247 e. The molecule has 0 atom stereocenters. The van der Waals surface area contributed by atoms with E-state index >= 15 is 0 Å². The van der Waals surface area contributed by atoms with E-state index in [9.17, 15) is 4.79 Å². The molecule has 1 amide bonds. The van der Waals surface area contributed by atoms with Gasteiger partial charge in [-0.2, -0.15) is 4.68 Å². The second-order valence-corrected chi connectivity index (χ2v) is 3.39. The highest BCUT2D eigenvalue weighted by molar-refractivity contribution is 5.74. The molecule has 0 fully saturated rings. The normalized spacial score (nSPS) is 10.1. The predicted molar refractivity (Wildman–Crippen MR) is 61.5 cm³/mol. The van der Waals surface area contributed by atoms with Crippen molar-refractivity contribution >= 4 is 11.9 Å². The number of para-hydroxylation sites is 1. The van der Waals surface area contributed by atoms with Crippen LogP contribution < -0.4 is 11.1 Å². The number of carbonyl (C=O) groups is 1. The Kier molecular flexibility index (Phi) is 3.29. The van der Waals surface area contributed by atoms with Crippen LogP contribution in [-0.2, 0) is 4.79 Å². The molecule has 7 heteroatoms. The largest absolute Gasteiger partial charge is 0.370 e. The number of tetrazole rings is 1. The molecule has 0 unspecified atom stereocenters. The first-order valence-electron chi connectivity index (χ1n) is 5.13. The maximum absolute atomic E-state index is 10.6. The Labute approximate surface area is 97.6 Å². The highest BCUT2D eigenvalue weighted by Crippen LogP contribution is 2.09. The number of anilines is 1. The highest BCUT2D eigenvalue weighted by atomic mass is 16.1. The van der Waals surface area contributed by atoms with Gasteiger partial charge in [0.05, 0.1) is 5.69 Å². The fourth-order valence-corrected chi connectivity index (χ4v) is 1.34. The summed E-state index contributed by atoms with van der Waals surface area (Å²) in [5.74, 6) is 0.119. The van der Waals surface area contributed by atoms with Gasteiger partial charge < -0.3 is 11.1 Å². The predicted octanol–water partition coefficient (Wildman–Crippen LogP) is -0.0504. The number of amides is 1. The van der Waals surface area contributed by atoms with Gasteiger partial charge in [-0.25, -0.2) is 0 Å². The number of carbonyl (C=O) groups excluding carboxylic acids is 1. The van der Waals surface area contributed by atoms with Crippen LogP contribution in [0, 0.1) is 0 Å². The van der Waals surface area contributed by atoms with Gasteiger partial charge in [0.15, 0.2) is 0 Å². The topological polar surface area (TPSA) is 98.7 Å². The summed E-state index contributed by atoms with van der Waals surface area (Å²) in [4.78, 5) is 10.6. The molecule has 0 aliphatic heterocycles. The van der Waals surface area contributed by atoms with Crippen LogP contribution in [0.4, 0.5) is 5.95 Å². The van der Waals surface area contributed by atoms with Crippen LogP contribution in [0.3, 0.4) is 0 Å². The average molecular weight is 232 g/mol. The van der Waals surface area contributed by atoms with Crippen LogP contribution in [0.1, 0.15) is 6.42 Å². The minimum absolute atomic E-state index is 0.238. The summed E-state index contributed by atoms with van der Waals surface area (Å²) < 4.78 is 1.56. The fraction of sp³-hybridized carbons (Fsp3) is 0.200. The van der Waals surface area contributed by atoms with Gasteiger partial charge in [0.25, 0.3) is 0 Å². The third-order valence-corrected chi connectivity index (χ3v) is 2.12. The summed E-state index contributed by atoms with van der Waals surface area (Å²) in [6, 6.07) is 9.47.